The Labute approximate surface area is 158 Å². The van der Waals surface area contributed by atoms with Crippen LogP contribution in [0.15, 0.2) is 35.2 Å². The molecule has 1 N–H and O–H groups in total. The Kier molecular flexibility index (Phi) is 5.83. The molecule has 0 bridgehead atoms. The van der Waals surface area contributed by atoms with Gasteiger partial charge in [-0.1, -0.05) is 18.2 Å². The first-order chi connectivity index (χ1) is 12.8. The number of carbonyl (C=O) groups is 2. The molecule has 1 amide bonds. The smallest absolute Gasteiger partial charge is 0.305 e. The molecular weight excluding hydrogens is 372 g/mol. The summed E-state index contributed by atoms with van der Waals surface area (Å²) in [5.41, 5.74) is 0. The van der Waals surface area contributed by atoms with Crippen molar-refractivity contribution >= 4 is 21.9 Å². The van der Waals surface area contributed by atoms with E-state index in [4.69, 9.17) is 9.84 Å². The summed E-state index contributed by atoms with van der Waals surface area (Å²) in [7, 11) is -2.26. The van der Waals surface area contributed by atoms with E-state index < -0.39 is 28.1 Å². The average Bonchev–Trinajstić information content (AvgIpc) is 3.29. The zero-order valence-electron chi connectivity index (χ0n) is 15.2. The van der Waals surface area contributed by atoms with Crippen LogP contribution in [-0.2, 0) is 24.3 Å². The Balaban J connectivity index is 1.83. The van der Waals surface area contributed by atoms with Crippen LogP contribution in [0.4, 0.5) is 0 Å². The number of benzene rings is 1. The predicted octanol–water partition coefficient (Wildman–Crippen LogP) is 0.930. The van der Waals surface area contributed by atoms with E-state index in [2.05, 4.69) is 0 Å². The average molecular weight is 396 g/mol. The maximum Gasteiger partial charge on any atom is 0.305 e. The van der Waals surface area contributed by atoms with Gasteiger partial charge < -0.3 is 14.7 Å². The number of carbonyl (C=O) groups excluding carboxylic acids is 1. The van der Waals surface area contributed by atoms with Gasteiger partial charge in [-0.05, 0) is 31.4 Å². The summed E-state index contributed by atoms with van der Waals surface area (Å²) in [5, 5.41) is 9.14. The topological polar surface area (TPSA) is 104 Å². The quantitative estimate of drug-likeness (QED) is 0.767. The van der Waals surface area contributed by atoms with Crippen LogP contribution in [-0.4, -0.2) is 73.0 Å². The van der Waals surface area contributed by atoms with Gasteiger partial charge in [-0.25, -0.2) is 8.42 Å². The monoisotopic (exact) mass is 396 g/mol. The van der Waals surface area contributed by atoms with Crippen LogP contribution in [0.1, 0.15) is 25.7 Å². The highest BCUT2D eigenvalue weighted by molar-refractivity contribution is 7.89. The van der Waals surface area contributed by atoms with Crippen LogP contribution < -0.4 is 0 Å². The third-order valence-electron chi connectivity index (χ3n) is 5.24. The van der Waals surface area contributed by atoms with Gasteiger partial charge in [-0.15, -0.1) is 0 Å². The maximum absolute atomic E-state index is 13.2. The highest BCUT2D eigenvalue weighted by Gasteiger charge is 2.45. The molecule has 3 rings (SSSR count). The molecule has 3 atom stereocenters. The lowest BCUT2D eigenvalue weighted by Gasteiger charge is -2.30. The fourth-order valence-electron chi connectivity index (χ4n) is 3.90. The molecule has 3 unspecified atom stereocenters. The van der Waals surface area contributed by atoms with Gasteiger partial charge in [0.1, 0.15) is 6.04 Å². The van der Waals surface area contributed by atoms with E-state index in [0.29, 0.717) is 19.3 Å². The molecule has 2 aliphatic rings. The summed E-state index contributed by atoms with van der Waals surface area (Å²) < 4.78 is 32.5. The van der Waals surface area contributed by atoms with Crippen LogP contribution in [0.25, 0.3) is 0 Å². The third kappa shape index (κ3) is 3.99. The van der Waals surface area contributed by atoms with Gasteiger partial charge in [0.25, 0.3) is 0 Å². The second-order valence-corrected chi connectivity index (χ2v) is 8.81. The first-order valence-electron chi connectivity index (χ1n) is 8.96. The Morgan fingerprint density at radius 2 is 1.96 bits per heavy atom. The molecule has 148 valence electrons. The fourth-order valence-corrected chi connectivity index (χ4v) is 5.58. The van der Waals surface area contributed by atoms with Crippen molar-refractivity contribution < 1.29 is 27.9 Å². The fraction of sp³-hybridized carbons (Fsp3) is 0.556. The standard InChI is InChI=1S/C18H24N2O6S/c1-26-14-10-13(11-17(21)22)19(12-14)18(23)16-8-5-9-20(16)27(24,25)15-6-3-2-4-7-15/h2-4,6-7,13-14,16H,5,8-12H2,1H3,(H,21,22). The Morgan fingerprint density at radius 3 is 2.59 bits per heavy atom. The minimum Gasteiger partial charge on any atom is -0.481 e. The molecule has 0 radical (unpaired) electrons. The summed E-state index contributed by atoms with van der Waals surface area (Å²) in [6.07, 6.45) is 1.04. The first-order valence-corrected chi connectivity index (χ1v) is 10.4. The van der Waals surface area contributed by atoms with Crippen molar-refractivity contribution in [2.75, 3.05) is 20.2 Å². The number of likely N-dealkylation sites (tertiary alicyclic amines) is 1. The van der Waals surface area contributed by atoms with E-state index in [1.54, 1.807) is 18.2 Å². The first kappa shape index (κ1) is 19.8. The van der Waals surface area contributed by atoms with E-state index in [-0.39, 0.29) is 36.4 Å². The number of nitrogens with zero attached hydrogens (tertiary/aromatic N) is 2. The van der Waals surface area contributed by atoms with Gasteiger partial charge in [-0.2, -0.15) is 4.31 Å². The summed E-state index contributed by atoms with van der Waals surface area (Å²) in [6.45, 7) is 0.557. The lowest BCUT2D eigenvalue weighted by Crippen LogP contribution is -2.49. The molecule has 2 aliphatic heterocycles. The molecule has 2 heterocycles. The van der Waals surface area contributed by atoms with Gasteiger partial charge in [0.05, 0.1) is 17.4 Å². The van der Waals surface area contributed by atoms with E-state index in [0.717, 1.165) is 0 Å². The summed E-state index contributed by atoms with van der Waals surface area (Å²) in [4.78, 5) is 26.0. The maximum atomic E-state index is 13.2. The number of carboxylic acids is 1. The van der Waals surface area contributed by atoms with E-state index in [1.165, 1.54) is 28.4 Å². The van der Waals surface area contributed by atoms with Gasteiger partial charge >= 0.3 is 5.97 Å². The number of aliphatic carboxylic acids is 1. The minimum absolute atomic E-state index is 0.156. The van der Waals surface area contributed by atoms with E-state index in [9.17, 15) is 18.0 Å². The van der Waals surface area contributed by atoms with Crippen LogP contribution in [0.5, 0.6) is 0 Å². The van der Waals surface area contributed by atoms with Crippen molar-refractivity contribution in [1.82, 2.24) is 9.21 Å². The number of sulfonamides is 1. The highest BCUT2D eigenvalue weighted by atomic mass is 32.2. The Morgan fingerprint density at radius 1 is 1.26 bits per heavy atom. The molecule has 8 nitrogen and oxygen atoms in total. The summed E-state index contributed by atoms with van der Waals surface area (Å²) >= 11 is 0. The van der Waals surface area contributed by atoms with Crippen molar-refractivity contribution in [1.29, 1.82) is 0 Å². The largest absolute Gasteiger partial charge is 0.481 e. The number of methoxy groups -OCH3 is 1. The zero-order chi connectivity index (χ0) is 19.6. The van der Waals surface area contributed by atoms with Gasteiger partial charge in [0, 0.05) is 26.2 Å². The van der Waals surface area contributed by atoms with Crippen LogP contribution in [0.3, 0.4) is 0 Å². The lowest BCUT2D eigenvalue weighted by atomic mass is 10.1. The number of carboxylic acid groups (broad SMARTS) is 1. The Hall–Kier alpha value is -1.97. The molecule has 9 heteroatoms. The number of hydrogen-bond donors (Lipinski definition) is 1. The van der Waals surface area contributed by atoms with Crippen molar-refractivity contribution in [2.45, 2.75) is 48.8 Å². The van der Waals surface area contributed by atoms with Crippen molar-refractivity contribution in [3.8, 4) is 0 Å². The molecule has 0 saturated carbocycles. The third-order valence-corrected chi connectivity index (χ3v) is 7.16. The second kappa shape index (κ2) is 7.95. The molecule has 27 heavy (non-hydrogen) atoms. The number of ether oxygens (including phenoxy) is 1. The minimum atomic E-state index is -3.78. The Bertz CT molecular complexity index is 797. The second-order valence-electron chi connectivity index (χ2n) is 6.92. The molecule has 1 aromatic rings. The molecule has 0 aliphatic carbocycles. The zero-order valence-corrected chi connectivity index (χ0v) is 16.0. The van der Waals surface area contributed by atoms with Crippen molar-refractivity contribution in [3.63, 3.8) is 0 Å². The van der Waals surface area contributed by atoms with Gasteiger partial charge in [0.2, 0.25) is 15.9 Å². The molecule has 1 aromatic carbocycles. The van der Waals surface area contributed by atoms with Crippen molar-refractivity contribution in [2.24, 2.45) is 0 Å². The number of hydrogen-bond acceptors (Lipinski definition) is 5. The predicted molar refractivity (Wildman–Crippen MR) is 96.5 cm³/mol. The molecule has 0 spiro atoms. The highest BCUT2D eigenvalue weighted by Crippen LogP contribution is 2.30. The van der Waals surface area contributed by atoms with Gasteiger partial charge in [-0.3, -0.25) is 9.59 Å². The van der Waals surface area contributed by atoms with Gasteiger partial charge in [0.15, 0.2) is 0 Å². The lowest BCUT2D eigenvalue weighted by molar-refractivity contribution is -0.141. The van der Waals surface area contributed by atoms with Crippen LogP contribution in [0.2, 0.25) is 0 Å². The SMILES string of the molecule is COC1CC(CC(=O)O)N(C(=O)C2CCCN2S(=O)(=O)c2ccccc2)C1. The van der Waals surface area contributed by atoms with E-state index in [1.807, 2.05) is 0 Å². The molecule has 2 saturated heterocycles. The van der Waals surface area contributed by atoms with Crippen LogP contribution >= 0.6 is 0 Å². The summed E-state index contributed by atoms with van der Waals surface area (Å²) in [6, 6.07) is 6.76. The normalized spacial score (nSPS) is 26.4. The molecule has 2 fully saturated rings. The van der Waals surface area contributed by atoms with Crippen molar-refractivity contribution in [3.05, 3.63) is 30.3 Å². The molecular formula is C18H24N2O6S. The molecule has 0 aromatic heterocycles. The number of rotatable bonds is 6. The number of amides is 1. The van der Waals surface area contributed by atoms with Crippen LogP contribution in [0, 0.1) is 0 Å². The van der Waals surface area contributed by atoms with E-state index >= 15 is 0 Å². The summed E-state index contributed by atoms with van der Waals surface area (Å²) in [5.74, 6) is -1.33.